The van der Waals surface area contributed by atoms with Gasteiger partial charge in [-0.25, -0.2) is 13.6 Å². The van der Waals surface area contributed by atoms with E-state index in [0.717, 1.165) is 6.07 Å². The van der Waals surface area contributed by atoms with Gasteiger partial charge in [0.15, 0.2) is 17.4 Å². The van der Waals surface area contributed by atoms with Gasteiger partial charge in [-0.3, -0.25) is 4.79 Å². The molecule has 0 fully saturated rings. The lowest BCUT2D eigenvalue weighted by Gasteiger charge is -2.30. The number of Topliss-reactive ketones (excluding diaryl/α,β-unsaturated/α-hetero) is 1. The van der Waals surface area contributed by atoms with Crippen LogP contribution in [0.3, 0.4) is 0 Å². The molecule has 0 aromatic heterocycles. The molecule has 0 aliphatic rings. The highest BCUT2D eigenvalue weighted by molar-refractivity contribution is 6.42. The van der Waals surface area contributed by atoms with Crippen molar-refractivity contribution in [3.05, 3.63) is 98.0 Å². The van der Waals surface area contributed by atoms with Crippen LogP contribution in [0.5, 0.6) is 0 Å². The van der Waals surface area contributed by atoms with E-state index in [-0.39, 0.29) is 40.9 Å². The van der Waals surface area contributed by atoms with Gasteiger partial charge in [-0.15, -0.1) is 11.6 Å². The highest BCUT2D eigenvalue weighted by Crippen LogP contribution is 2.34. The van der Waals surface area contributed by atoms with Gasteiger partial charge >= 0.3 is 5.97 Å². The van der Waals surface area contributed by atoms with Crippen LogP contribution in [0.25, 0.3) is 0 Å². The molecule has 0 aliphatic heterocycles. The maximum Gasteiger partial charge on any atom is 0.338 e. The second kappa shape index (κ2) is 12.2. The average Bonchev–Trinajstić information content (AvgIpc) is 2.88. The van der Waals surface area contributed by atoms with E-state index < -0.39 is 45.5 Å². The summed E-state index contributed by atoms with van der Waals surface area (Å²) in [6, 6.07) is 13.6. The lowest BCUT2D eigenvalue weighted by Crippen LogP contribution is -2.36. The van der Waals surface area contributed by atoms with Crippen molar-refractivity contribution in [3.63, 3.8) is 0 Å². The molecule has 0 aliphatic carbocycles. The molecule has 0 bridgehead atoms. The Hall–Kier alpha value is -2.42. The number of alkyl halides is 1. The Bertz CT molecular complexity index is 1280. The van der Waals surface area contributed by atoms with E-state index in [1.807, 2.05) is 0 Å². The van der Waals surface area contributed by atoms with Crippen molar-refractivity contribution in [2.45, 2.75) is 12.0 Å². The summed E-state index contributed by atoms with van der Waals surface area (Å²) in [5.74, 6) is -4.34. The van der Waals surface area contributed by atoms with Crippen LogP contribution in [0.1, 0.15) is 32.7 Å². The maximum atomic E-state index is 14.7. The Kier molecular flexibility index (Phi) is 9.55. The molecule has 0 spiro atoms. The van der Waals surface area contributed by atoms with E-state index in [2.05, 4.69) is 5.32 Å². The number of anilines is 1. The number of hydrogen-bond donors (Lipinski definition) is 2. The quantitative estimate of drug-likeness (QED) is 0.119. The first-order valence-electron chi connectivity index (χ1n) is 10.5. The number of benzene rings is 3. The lowest BCUT2D eigenvalue weighted by molar-refractivity contribution is 0.00858. The second-order valence-electron chi connectivity index (χ2n) is 7.74. The molecular formula is C25H19Cl4F2NO4. The summed E-state index contributed by atoms with van der Waals surface area (Å²) in [6.07, 6.45) is -0.138. The molecule has 1 atom stereocenters. The molecule has 0 heterocycles. The number of nitrogens with one attached hydrogen (secondary N) is 1. The van der Waals surface area contributed by atoms with Crippen molar-refractivity contribution in [1.29, 1.82) is 0 Å². The summed E-state index contributed by atoms with van der Waals surface area (Å²) < 4.78 is 34.2. The fourth-order valence-electron chi connectivity index (χ4n) is 3.34. The molecule has 1 unspecified atom stereocenters. The van der Waals surface area contributed by atoms with Crippen molar-refractivity contribution >= 4 is 63.8 Å². The van der Waals surface area contributed by atoms with Gasteiger partial charge in [0.2, 0.25) is 0 Å². The minimum atomic E-state index is -1.77. The van der Waals surface area contributed by atoms with Crippen LogP contribution in [-0.4, -0.2) is 35.9 Å². The van der Waals surface area contributed by atoms with Gasteiger partial charge in [0.05, 0.1) is 39.3 Å². The maximum absolute atomic E-state index is 14.7. The van der Waals surface area contributed by atoms with Crippen LogP contribution >= 0.6 is 46.4 Å². The first kappa shape index (κ1) is 28.2. The van der Waals surface area contributed by atoms with Gasteiger partial charge in [-0.05, 0) is 35.9 Å². The van der Waals surface area contributed by atoms with E-state index in [9.17, 15) is 23.5 Å². The van der Waals surface area contributed by atoms with Crippen molar-refractivity contribution < 1.29 is 28.2 Å². The number of halogens is 6. The molecule has 190 valence electrons. The Morgan fingerprint density at radius 3 is 2.31 bits per heavy atom. The number of esters is 1. The lowest BCUT2D eigenvalue weighted by atomic mass is 9.90. The number of aliphatic hydroxyl groups is 1. The minimum Gasteiger partial charge on any atom is -0.462 e. The highest BCUT2D eigenvalue weighted by Gasteiger charge is 2.31. The molecule has 36 heavy (non-hydrogen) atoms. The predicted octanol–water partition coefficient (Wildman–Crippen LogP) is 6.89. The molecule has 11 heteroatoms. The molecule has 0 saturated heterocycles. The van der Waals surface area contributed by atoms with Crippen LogP contribution in [0.4, 0.5) is 14.5 Å². The number of rotatable bonds is 10. The Labute approximate surface area is 225 Å². The Morgan fingerprint density at radius 1 is 0.972 bits per heavy atom. The van der Waals surface area contributed by atoms with Crippen LogP contribution < -0.4 is 5.32 Å². The van der Waals surface area contributed by atoms with E-state index in [0.29, 0.717) is 5.56 Å². The SMILES string of the molecule is O=C(OCCC(O)(CNc1cc(C(=O)CCl)c(F)c(Cl)c1F)c1ccc(Cl)c(Cl)c1)c1ccccc1. The summed E-state index contributed by atoms with van der Waals surface area (Å²) in [5.41, 5.74) is -2.00. The topological polar surface area (TPSA) is 75.6 Å². The van der Waals surface area contributed by atoms with Gasteiger partial charge in [0.25, 0.3) is 0 Å². The molecule has 3 aromatic rings. The first-order chi connectivity index (χ1) is 17.1. The zero-order valence-corrected chi connectivity index (χ0v) is 21.5. The molecule has 0 radical (unpaired) electrons. The third-order valence-electron chi connectivity index (χ3n) is 5.36. The average molecular weight is 577 g/mol. The van der Waals surface area contributed by atoms with E-state index in [1.165, 1.54) is 18.2 Å². The standard InChI is InChI=1S/C25H19Cl4F2NO4/c26-12-20(33)16-11-19(23(31)21(29)22(16)30)32-13-25(35,15-6-7-17(27)18(28)10-15)8-9-36-24(34)14-4-2-1-3-5-14/h1-7,10-11,32,35H,8-9,12-13H2. The summed E-state index contributed by atoms with van der Waals surface area (Å²) in [6.45, 7) is -0.573. The third-order valence-corrected chi connectivity index (χ3v) is 6.67. The number of carbonyl (C=O) groups is 2. The van der Waals surface area contributed by atoms with Crippen LogP contribution in [-0.2, 0) is 10.3 Å². The predicted molar refractivity (Wildman–Crippen MR) is 137 cm³/mol. The molecule has 3 aromatic carbocycles. The molecule has 0 saturated carbocycles. The molecule has 2 N–H and O–H groups in total. The van der Waals surface area contributed by atoms with Crippen LogP contribution in [0.2, 0.25) is 15.1 Å². The zero-order valence-electron chi connectivity index (χ0n) is 18.5. The largest absolute Gasteiger partial charge is 0.462 e. The number of ether oxygens (including phenoxy) is 1. The third kappa shape index (κ3) is 6.47. The summed E-state index contributed by atoms with van der Waals surface area (Å²) in [4.78, 5) is 24.2. The van der Waals surface area contributed by atoms with Gasteiger partial charge in [-0.2, -0.15) is 0 Å². The van der Waals surface area contributed by atoms with Crippen molar-refractivity contribution in [3.8, 4) is 0 Å². The van der Waals surface area contributed by atoms with Gasteiger partial charge in [0.1, 0.15) is 10.6 Å². The summed E-state index contributed by atoms with van der Waals surface area (Å²) in [7, 11) is 0. The van der Waals surface area contributed by atoms with Crippen LogP contribution in [0, 0.1) is 11.6 Å². The normalized spacial score (nSPS) is 12.6. The van der Waals surface area contributed by atoms with E-state index in [4.69, 9.17) is 51.1 Å². The fourth-order valence-corrected chi connectivity index (χ4v) is 3.99. The van der Waals surface area contributed by atoms with Crippen LogP contribution in [0.15, 0.2) is 54.6 Å². The van der Waals surface area contributed by atoms with Crippen molar-refractivity contribution in [1.82, 2.24) is 0 Å². The van der Waals surface area contributed by atoms with Gasteiger partial charge < -0.3 is 15.2 Å². The summed E-state index contributed by atoms with van der Waals surface area (Å²) >= 11 is 23.4. The summed E-state index contributed by atoms with van der Waals surface area (Å²) in [5, 5.41) is 13.7. The monoisotopic (exact) mass is 575 g/mol. The number of ketones is 1. The smallest absolute Gasteiger partial charge is 0.338 e. The first-order valence-corrected chi connectivity index (χ1v) is 12.1. The molecule has 5 nitrogen and oxygen atoms in total. The van der Waals surface area contributed by atoms with E-state index in [1.54, 1.807) is 30.3 Å². The highest BCUT2D eigenvalue weighted by atomic mass is 35.5. The Morgan fingerprint density at radius 2 is 1.67 bits per heavy atom. The van der Waals surface area contributed by atoms with Gasteiger partial charge in [0, 0.05) is 13.0 Å². The number of carbonyl (C=O) groups excluding carboxylic acids is 2. The van der Waals surface area contributed by atoms with E-state index >= 15 is 0 Å². The van der Waals surface area contributed by atoms with Crippen molar-refractivity contribution in [2.24, 2.45) is 0 Å². The van der Waals surface area contributed by atoms with Crippen molar-refractivity contribution in [2.75, 3.05) is 24.3 Å². The second-order valence-corrected chi connectivity index (χ2v) is 9.20. The molecule has 0 amide bonds. The molecule has 3 rings (SSSR count). The minimum absolute atomic E-state index is 0.138. The van der Waals surface area contributed by atoms with Gasteiger partial charge in [-0.1, -0.05) is 59.1 Å². The Balaban J connectivity index is 1.86. The zero-order chi connectivity index (χ0) is 26.5. The molecular weight excluding hydrogens is 558 g/mol. The number of hydrogen-bond acceptors (Lipinski definition) is 5. The fraction of sp³-hybridized carbons (Fsp3) is 0.200.